The number of benzene rings is 1. The lowest BCUT2D eigenvalue weighted by atomic mass is 10.0. The van der Waals surface area contributed by atoms with E-state index in [1.54, 1.807) is 20.0 Å². The van der Waals surface area contributed by atoms with Crippen molar-refractivity contribution in [2.24, 2.45) is 5.92 Å². The smallest absolute Gasteiger partial charge is 0.308 e. The number of H-pyrrole nitrogens is 1. The maximum atomic E-state index is 12.3. The van der Waals surface area contributed by atoms with E-state index in [0.717, 1.165) is 15.4 Å². The molecule has 0 aliphatic rings. The molecule has 0 aliphatic carbocycles. The average molecular weight is 339 g/mol. The molecule has 20 heavy (non-hydrogen) atoms. The maximum Gasteiger partial charge on any atom is 0.308 e. The number of nitrogens with one attached hydrogen (secondary N) is 2. The number of aromatic amines is 1. The topological polar surface area (TPSA) is 82.2 Å². The van der Waals surface area contributed by atoms with Crippen molar-refractivity contribution in [2.45, 2.75) is 19.9 Å². The number of carboxylic acids is 1. The van der Waals surface area contributed by atoms with E-state index in [0.29, 0.717) is 5.56 Å². The molecule has 2 atom stereocenters. The molecule has 1 heterocycles. The van der Waals surface area contributed by atoms with Gasteiger partial charge in [-0.1, -0.05) is 22.0 Å². The number of carbonyl (C=O) groups is 2. The summed E-state index contributed by atoms with van der Waals surface area (Å²) in [5.74, 6) is -1.87. The molecule has 5 nitrogen and oxygen atoms in total. The van der Waals surface area contributed by atoms with Crippen LogP contribution in [-0.4, -0.2) is 28.0 Å². The molecule has 106 valence electrons. The Balaban J connectivity index is 2.26. The minimum Gasteiger partial charge on any atom is -0.481 e. The van der Waals surface area contributed by atoms with E-state index in [-0.39, 0.29) is 5.91 Å². The van der Waals surface area contributed by atoms with Crippen LogP contribution in [0.5, 0.6) is 0 Å². The highest BCUT2D eigenvalue weighted by molar-refractivity contribution is 9.10. The molecule has 0 fully saturated rings. The zero-order valence-corrected chi connectivity index (χ0v) is 12.7. The van der Waals surface area contributed by atoms with Crippen LogP contribution < -0.4 is 5.32 Å². The van der Waals surface area contributed by atoms with Crippen LogP contribution in [0.15, 0.2) is 28.9 Å². The first-order chi connectivity index (χ1) is 9.41. The number of carboxylic acid groups (broad SMARTS) is 1. The number of aliphatic carboxylic acids is 1. The first-order valence-electron chi connectivity index (χ1n) is 6.21. The molecular formula is C14H15BrN2O3. The molecule has 3 N–H and O–H groups in total. The molecule has 0 saturated carbocycles. The fourth-order valence-electron chi connectivity index (χ4n) is 1.94. The van der Waals surface area contributed by atoms with Crippen molar-refractivity contribution in [3.05, 3.63) is 34.4 Å². The van der Waals surface area contributed by atoms with Crippen LogP contribution in [0.2, 0.25) is 0 Å². The van der Waals surface area contributed by atoms with Gasteiger partial charge in [0.25, 0.3) is 5.91 Å². The Labute approximate surface area is 124 Å². The Kier molecular flexibility index (Phi) is 4.13. The van der Waals surface area contributed by atoms with E-state index in [4.69, 9.17) is 5.11 Å². The summed E-state index contributed by atoms with van der Waals surface area (Å²) in [4.78, 5) is 26.2. The number of rotatable bonds is 4. The van der Waals surface area contributed by atoms with Gasteiger partial charge in [0, 0.05) is 27.6 Å². The molecule has 2 rings (SSSR count). The van der Waals surface area contributed by atoms with E-state index in [9.17, 15) is 9.59 Å². The van der Waals surface area contributed by atoms with Crippen LogP contribution in [0.25, 0.3) is 10.9 Å². The second kappa shape index (κ2) is 5.66. The van der Waals surface area contributed by atoms with E-state index < -0.39 is 17.9 Å². The highest BCUT2D eigenvalue weighted by Gasteiger charge is 2.23. The highest BCUT2D eigenvalue weighted by Crippen LogP contribution is 2.27. The average Bonchev–Trinajstić information content (AvgIpc) is 2.83. The van der Waals surface area contributed by atoms with Crippen LogP contribution >= 0.6 is 15.9 Å². The standard InChI is InChI=1S/C14H15BrN2O3/c1-7(14(19)20)8(2)17-13(18)9-6-16-11-5-3-4-10(15)12(9)11/h3-8,16H,1-2H3,(H,17,18)(H,19,20). The molecule has 2 unspecified atom stereocenters. The van der Waals surface area contributed by atoms with Crippen molar-refractivity contribution >= 4 is 38.7 Å². The normalized spacial score (nSPS) is 13.9. The van der Waals surface area contributed by atoms with Crippen LogP contribution in [0, 0.1) is 5.92 Å². The Morgan fingerprint density at radius 1 is 1.35 bits per heavy atom. The number of hydrogen-bond donors (Lipinski definition) is 3. The third kappa shape index (κ3) is 2.70. The van der Waals surface area contributed by atoms with E-state index in [2.05, 4.69) is 26.2 Å². The Morgan fingerprint density at radius 2 is 2.05 bits per heavy atom. The van der Waals surface area contributed by atoms with Gasteiger partial charge in [-0.2, -0.15) is 0 Å². The van der Waals surface area contributed by atoms with Gasteiger partial charge < -0.3 is 15.4 Å². The van der Waals surface area contributed by atoms with Crippen LogP contribution in [-0.2, 0) is 4.79 Å². The Hall–Kier alpha value is -1.82. The minimum atomic E-state index is -0.932. The SMILES string of the molecule is CC(NC(=O)c1c[nH]c2cccc(Br)c12)C(C)C(=O)O. The van der Waals surface area contributed by atoms with Gasteiger partial charge in [0.2, 0.25) is 0 Å². The zero-order chi connectivity index (χ0) is 14.9. The summed E-state index contributed by atoms with van der Waals surface area (Å²) in [6.07, 6.45) is 1.63. The van der Waals surface area contributed by atoms with Gasteiger partial charge >= 0.3 is 5.97 Å². The molecule has 0 bridgehead atoms. The van der Waals surface area contributed by atoms with Gasteiger partial charge in [0.1, 0.15) is 0 Å². The van der Waals surface area contributed by atoms with Crippen molar-refractivity contribution < 1.29 is 14.7 Å². The first kappa shape index (κ1) is 14.6. The summed E-state index contributed by atoms with van der Waals surface area (Å²) in [6.45, 7) is 3.25. The molecule has 0 radical (unpaired) electrons. The summed E-state index contributed by atoms with van der Waals surface area (Å²) < 4.78 is 0.820. The molecular weight excluding hydrogens is 324 g/mol. The number of halogens is 1. The lowest BCUT2D eigenvalue weighted by molar-refractivity contribution is -0.141. The van der Waals surface area contributed by atoms with Crippen molar-refractivity contribution in [1.29, 1.82) is 0 Å². The monoisotopic (exact) mass is 338 g/mol. The fraction of sp³-hybridized carbons (Fsp3) is 0.286. The summed E-state index contributed by atoms with van der Waals surface area (Å²) in [5.41, 5.74) is 1.35. The molecule has 6 heteroatoms. The molecule has 0 spiro atoms. The van der Waals surface area contributed by atoms with Gasteiger partial charge in [0.05, 0.1) is 11.5 Å². The van der Waals surface area contributed by atoms with Gasteiger partial charge in [-0.3, -0.25) is 9.59 Å². The van der Waals surface area contributed by atoms with Crippen molar-refractivity contribution in [3.63, 3.8) is 0 Å². The third-order valence-electron chi connectivity index (χ3n) is 3.40. The lowest BCUT2D eigenvalue weighted by Gasteiger charge is -2.17. The molecule has 2 aromatic rings. The summed E-state index contributed by atoms with van der Waals surface area (Å²) in [6, 6.07) is 5.16. The Bertz CT molecular complexity index is 665. The second-order valence-electron chi connectivity index (χ2n) is 4.75. The molecule has 1 aromatic heterocycles. The van der Waals surface area contributed by atoms with Gasteiger partial charge in [-0.15, -0.1) is 0 Å². The highest BCUT2D eigenvalue weighted by atomic mass is 79.9. The third-order valence-corrected chi connectivity index (χ3v) is 4.06. The van der Waals surface area contributed by atoms with Crippen LogP contribution in [0.3, 0.4) is 0 Å². The van der Waals surface area contributed by atoms with E-state index in [1.165, 1.54) is 0 Å². The number of amides is 1. The van der Waals surface area contributed by atoms with Gasteiger partial charge in [0.15, 0.2) is 0 Å². The summed E-state index contributed by atoms with van der Waals surface area (Å²) in [7, 11) is 0. The van der Waals surface area contributed by atoms with Crippen LogP contribution in [0.1, 0.15) is 24.2 Å². The van der Waals surface area contributed by atoms with E-state index >= 15 is 0 Å². The summed E-state index contributed by atoms with van der Waals surface area (Å²) >= 11 is 3.42. The zero-order valence-electron chi connectivity index (χ0n) is 11.1. The number of fused-ring (bicyclic) bond motifs is 1. The molecule has 1 aromatic carbocycles. The number of carbonyl (C=O) groups excluding carboxylic acids is 1. The van der Waals surface area contributed by atoms with Crippen molar-refractivity contribution in [1.82, 2.24) is 10.3 Å². The summed E-state index contributed by atoms with van der Waals surface area (Å²) in [5, 5.41) is 12.5. The van der Waals surface area contributed by atoms with Gasteiger partial charge in [-0.05, 0) is 26.0 Å². The number of hydrogen-bond acceptors (Lipinski definition) is 2. The molecule has 0 aliphatic heterocycles. The molecule has 1 amide bonds. The first-order valence-corrected chi connectivity index (χ1v) is 7.00. The Morgan fingerprint density at radius 3 is 2.70 bits per heavy atom. The maximum absolute atomic E-state index is 12.3. The fourth-order valence-corrected chi connectivity index (χ4v) is 2.52. The quantitative estimate of drug-likeness (QED) is 0.801. The predicted molar refractivity (Wildman–Crippen MR) is 79.7 cm³/mol. The predicted octanol–water partition coefficient (Wildman–Crippen LogP) is 2.77. The lowest BCUT2D eigenvalue weighted by Crippen LogP contribution is -2.40. The largest absolute Gasteiger partial charge is 0.481 e. The minimum absolute atomic E-state index is 0.288. The van der Waals surface area contributed by atoms with Crippen LogP contribution in [0.4, 0.5) is 0 Å². The number of aromatic nitrogens is 1. The molecule has 0 saturated heterocycles. The van der Waals surface area contributed by atoms with Gasteiger partial charge in [-0.25, -0.2) is 0 Å². The van der Waals surface area contributed by atoms with Crippen molar-refractivity contribution in [3.8, 4) is 0 Å². The second-order valence-corrected chi connectivity index (χ2v) is 5.61. The van der Waals surface area contributed by atoms with Crippen molar-refractivity contribution in [2.75, 3.05) is 0 Å². The van der Waals surface area contributed by atoms with E-state index in [1.807, 2.05) is 18.2 Å².